The molecule has 0 bridgehead atoms. The Morgan fingerprint density at radius 2 is 2.03 bits per heavy atom. The van der Waals surface area contributed by atoms with Crippen molar-refractivity contribution < 1.29 is 17.7 Å². The van der Waals surface area contributed by atoms with E-state index in [4.69, 9.17) is 9.26 Å². The number of benzene rings is 2. The van der Waals surface area contributed by atoms with E-state index in [0.29, 0.717) is 41.4 Å². The molecule has 1 atom stereocenters. The standard InChI is InChI=1S/C25H28N4O4S/c1-15(2)14-34(30,31)29-22-10-9-19-20(22)6-5-7-21(19)24-27-25(33-28-24)17-8-11-23(32-16(3)4)18(12-17)13-26/h5-8,11-12,15-16,22,29H,9-10,14H2,1-4H3/t22-/m0/s1. The van der Waals surface area contributed by atoms with Crippen LogP contribution in [0.2, 0.25) is 0 Å². The van der Waals surface area contributed by atoms with Crippen LogP contribution in [-0.2, 0) is 16.4 Å². The topological polar surface area (TPSA) is 118 Å². The summed E-state index contributed by atoms with van der Waals surface area (Å²) in [6.07, 6.45) is 1.34. The van der Waals surface area contributed by atoms with Gasteiger partial charge < -0.3 is 9.26 Å². The first-order chi connectivity index (χ1) is 16.2. The number of hydrogen-bond acceptors (Lipinski definition) is 7. The van der Waals surface area contributed by atoms with Crippen molar-refractivity contribution in [2.75, 3.05) is 5.75 Å². The van der Waals surface area contributed by atoms with Crippen LogP contribution in [0.4, 0.5) is 0 Å². The summed E-state index contributed by atoms with van der Waals surface area (Å²) in [6, 6.07) is 12.8. The maximum absolute atomic E-state index is 12.5. The Labute approximate surface area is 200 Å². The number of hydrogen-bond donors (Lipinski definition) is 1. The summed E-state index contributed by atoms with van der Waals surface area (Å²) in [5, 5.41) is 13.7. The first-order valence-corrected chi connectivity index (χ1v) is 13.0. The lowest BCUT2D eigenvalue weighted by molar-refractivity contribution is 0.241. The van der Waals surface area contributed by atoms with Crippen molar-refractivity contribution in [2.24, 2.45) is 5.92 Å². The van der Waals surface area contributed by atoms with Crippen molar-refractivity contribution in [1.29, 1.82) is 5.26 Å². The Balaban J connectivity index is 1.61. The van der Waals surface area contributed by atoms with E-state index in [1.807, 2.05) is 45.9 Å². The van der Waals surface area contributed by atoms with Gasteiger partial charge in [0.2, 0.25) is 15.8 Å². The zero-order valence-corrected chi connectivity index (χ0v) is 20.5. The molecule has 4 rings (SSSR count). The Bertz CT molecular complexity index is 1340. The average Bonchev–Trinajstić information content (AvgIpc) is 3.40. The molecule has 0 spiro atoms. The molecule has 0 radical (unpaired) electrons. The number of rotatable bonds is 8. The van der Waals surface area contributed by atoms with Gasteiger partial charge in [0.1, 0.15) is 11.8 Å². The lowest BCUT2D eigenvalue weighted by Crippen LogP contribution is -2.31. The minimum absolute atomic E-state index is 0.0493. The average molecular weight is 481 g/mol. The van der Waals surface area contributed by atoms with E-state index in [1.54, 1.807) is 18.2 Å². The van der Waals surface area contributed by atoms with E-state index in [-0.39, 0.29) is 23.8 Å². The van der Waals surface area contributed by atoms with Gasteiger partial charge in [-0.25, -0.2) is 13.1 Å². The van der Waals surface area contributed by atoms with E-state index >= 15 is 0 Å². The van der Waals surface area contributed by atoms with Crippen molar-refractivity contribution in [3.05, 3.63) is 53.1 Å². The van der Waals surface area contributed by atoms with Gasteiger partial charge in [0.15, 0.2) is 0 Å². The van der Waals surface area contributed by atoms with Crippen LogP contribution in [0.15, 0.2) is 40.9 Å². The van der Waals surface area contributed by atoms with Crippen LogP contribution in [0.25, 0.3) is 22.8 Å². The molecule has 0 amide bonds. The highest BCUT2D eigenvalue weighted by Gasteiger charge is 2.29. The molecule has 3 aromatic rings. The highest BCUT2D eigenvalue weighted by Crippen LogP contribution is 2.38. The quantitative estimate of drug-likeness (QED) is 0.499. The van der Waals surface area contributed by atoms with Crippen molar-refractivity contribution in [3.63, 3.8) is 0 Å². The maximum Gasteiger partial charge on any atom is 0.258 e. The fourth-order valence-electron chi connectivity index (χ4n) is 4.25. The first kappa shape index (κ1) is 23.9. The molecule has 1 aromatic heterocycles. The predicted molar refractivity (Wildman–Crippen MR) is 128 cm³/mol. The van der Waals surface area contributed by atoms with Crippen LogP contribution < -0.4 is 9.46 Å². The molecule has 34 heavy (non-hydrogen) atoms. The molecule has 2 aromatic carbocycles. The van der Waals surface area contributed by atoms with E-state index in [9.17, 15) is 13.7 Å². The second-order valence-corrected chi connectivity index (χ2v) is 11.0. The zero-order valence-electron chi connectivity index (χ0n) is 19.7. The Hall–Kier alpha value is -3.22. The first-order valence-electron chi connectivity index (χ1n) is 11.3. The summed E-state index contributed by atoms with van der Waals surface area (Å²) in [5.74, 6) is 1.38. The Morgan fingerprint density at radius 3 is 2.74 bits per heavy atom. The van der Waals surface area contributed by atoms with Crippen LogP contribution in [0.5, 0.6) is 5.75 Å². The fraction of sp³-hybridized carbons (Fsp3) is 0.400. The van der Waals surface area contributed by atoms with E-state index in [0.717, 1.165) is 16.7 Å². The third-order valence-electron chi connectivity index (χ3n) is 5.52. The van der Waals surface area contributed by atoms with E-state index < -0.39 is 10.0 Å². The molecular weight excluding hydrogens is 452 g/mol. The van der Waals surface area contributed by atoms with Crippen molar-refractivity contribution >= 4 is 10.0 Å². The van der Waals surface area contributed by atoms with Gasteiger partial charge in [-0.1, -0.05) is 37.2 Å². The molecule has 1 heterocycles. The number of ether oxygens (including phenoxy) is 1. The summed E-state index contributed by atoms with van der Waals surface area (Å²) in [6.45, 7) is 7.57. The van der Waals surface area contributed by atoms with Gasteiger partial charge in [-0.2, -0.15) is 10.2 Å². The highest BCUT2D eigenvalue weighted by atomic mass is 32.2. The number of fused-ring (bicyclic) bond motifs is 1. The smallest absolute Gasteiger partial charge is 0.258 e. The number of nitrogens with one attached hydrogen (secondary N) is 1. The molecule has 0 saturated heterocycles. The monoisotopic (exact) mass is 480 g/mol. The summed E-state index contributed by atoms with van der Waals surface area (Å²) in [7, 11) is -3.37. The highest BCUT2D eigenvalue weighted by molar-refractivity contribution is 7.89. The number of nitrogens with zero attached hydrogens (tertiary/aromatic N) is 3. The zero-order chi connectivity index (χ0) is 24.5. The van der Waals surface area contributed by atoms with E-state index in [1.165, 1.54) is 0 Å². The van der Waals surface area contributed by atoms with Gasteiger partial charge in [-0.05, 0) is 61.9 Å². The number of sulfonamides is 1. The minimum atomic E-state index is -3.37. The number of aromatic nitrogens is 2. The van der Waals surface area contributed by atoms with Crippen LogP contribution in [0, 0.1) is 17.2 Å². The van der Waals surface area contributed by atoms with Crippen molar-refractivity contribution in [3.8, 4) is 34.7 Å². The van der Waals surface area contributed by atoms with Crippen LogP contribution in [0.1, 0.15) is 56.8 Å². The second-order valence-electron chi connectivity index (χ2n) is 9.17. The van der Waals surface area contributed by atoms with Crippen LogP contribution in [0.3, 0.4) is 0 Å². The Kier molecular flexibility index (Phi) is 6.73. The molecule has 8 nitrogen and oxygen atoms in total. The molecule has 0 unspecified atom stereocenters. The maximum atomic E-state index is 12.5. The third kappa shape index (κ3) is 5.13. The van der Waals surface area contributed by atoms with Gasteiger partial charge in [-0.3, -0.25) is 0 Å². The van der Waals surface area contributed by atoms with Crippen LogP contribution >= 0.6 is 0 Å². The molecule has 1 aliphatic carbocycles. The summed E-state index contributed by atoms with van der Waals surface area (Å²) in [4.78, 5) is 4.57. The van der Waals surface area contributed by atoms with Crippen molar-refractivity contribution in [1.82, 2.24) is 14.9 Å². The van der Waals surface area contributed by atoms with Gasteiger partial charge in [0.25, 0.3) is 5.89 Å². The third-order valence-corrected chi connectivity index (χ3v) is 7.27. The lowest BCUT2D eigenvalue weighted by Gasteiger charge is -2.16. The van der Waals surface area contributed by atoms with Crippen molar-refractivity contribution in [2.45, 2.75) is 52.7 Å². The van der Waals surface area contributed by atoms with E-state index in [2.05, 4.69) is 20.9 Å². The lowest BCUT2D eigenvalue weighted by atomic mass is 10.0. The largest absolute Gasteiger partial charge is 0.490 e. The summed E-state index contributed by atoms with van der Waals surface area (Å²) < 4.78 is 39.0. The molecule has 1 aliphatic rings. The molecular formula is C25H28N4O4S. The second kappa shape index (κ2) is 9.57. The normalized spacial score (nSPS) is 15.5. The number of nitriles is 1. The molecule has 1 N–H and O–H groups in total. The summed E-state index contributed by atoms with van der Waals surface area (Å²) in [5.41, 5.74) is 3.79. The van der Waals surface area contributed by atoms with Gasteiger partial charge in [0.05, 0.1) is 17.4 Å². The molecule has 0 fully saturated rings. The fourth-order valence-corrected chi connectivity index (χ4v) is 5.90. The Morgan fingerprint density at radius 1 is 1.24 bits per heavy atom. The predicted octanol–water partition coefficient (Wildman–Crippen LogP) is 4.63. The minimum Gasteiger partial charge on any atom is -0.490 e. The molecule has 0 aliphatic heterocycles. The van der Waals surface area contributed by atoms with Crippen LogP contribution in [-0.4, -0.2) is 30.4 Å². The van der Waals surface area contributed by atoms with Gasteiger partial charge in [0, 0.05) is 17.2 Å². The van der Waals surface area contributed by atoms with Gasteiger partial charge in [-0.15, -0.1) is 0 Å². The molecule has 0 saturated carbocycles. The SMILES string of the molecule is CC(C)CS(=O)(=O)N[C@H]1CCc2c(-c3noc(-c4ccc(OC(C)C)c(C#N)c4)n3)cccc21. The van der Waals surface area contributed by atoms with Gasteiger partial charge >= 0.3 is 0 Å². The summed E-state index contributed by atoms with van der Waals surface area (Å²) >= 11 is 0. The molecule has 9 heteroatoms. The molecule has 178 valence electrons.